The zero-order chi connectivity index (χ0) is 17.8. The van der Waals surface area contributed by atoms with Gasteiger partial charge in [-0.3, -0.25) is 0 Å². The summed E-state index contributed by atoms with van der Waals surface area (Å²) in [5, 5.41) is 7.06. The summed E-state index contributed by atoms with van der Waals surface area (Å²) in [7, 11) is 3.42. The van der Waals surface area contributed by atoms with Gasteiger partial charge in [-0.25, -0.2) is 14.4 Å². The van der Waals surface area contributed by atoms with Crippen LogP contribution < -0.4 is 15.4 Å². The molecule has 0 aliphatic heterocycles. The zero-order valence-corrected chi connectivity index (χ0v) is 14.1. The molecule has 0 bridgehead atoms. The highest BCUT2D eigenvalue weighted by molar-refractivity contribution is 5.96. The van der Waals surface area contributed by atoms with E-state index in [0.717, 1.165) is 22.2 Å². The summed E-state index contributed by atoms with van der Waals surface area (Å²) in [6.07, 6.45) is 1.49. The van der Waals surface area contributed by atoms with Gasteiger partial charge in [0, 0.05) is 18.1 Å². The van der Waals surface area contributed by atoms with E-state index < -0.39 is 0 Å². The molecule has 128 valence electrons. The van der Waals surface area contributed by atoms with Crippen LogP contribution in [0.5, 0.6) is 5.75 Å². The Morgan fingerprint density at radius 2 is 1.92 bits per heavy atom. The van der Waals surface area contributed by atoms with Crippen LogP contribution in [0, 0.1) is 5.82 Å². The second-order valence-electron chi connectivity index (χ2n) is 5.51. The minimum absolute atomic E-state index is 0.271. The first-order chi connectivity index (χ1) is 12.1. The molecule has 0 spiro atoms. The lowest BCUT2D eigenvalue weighted by atomic mass is 10.0. The first kappa shape index (κ1) is 16.7. The summed E-state index contributed by atoms with van der Waals surface area (Å²) in [5.74, 6) is 1.05. The number of methoxy groups -OCH3 is 1. The van der Waals surface area contributed by atoms with Crippen molar-refractivity contribution in [3.8, 4) is 16.9 Å². The van der Waals surface area contributed by atoms with Crippen molar-refractivity contribution >= 4 is 16.7 Å². The van der Waals surface area contributed by atoms with E-state index in [1.165, 1.54) is 18.5 Å². The van der Waals surface area contributed by atoms with Crippen LogP contribution in [0.3, 0.4) is 0 Å². The summed E-state index contributed by atoms with van der Waals surface area (Å²) in [5.41, 5.74) is 3.33. The van der Waals surface area contributed by atoms with Gasteiger partial charge in [-0.05, 0) is 35.4 Å². The Kier molecular flexibility index (Phi) is 4.79. The molecule has 2 N–H and O–H groups in total. The number of fused-ring (bicyclic) bond motifs is 1. The lowest BCUT2D eigenvalue weighted by Gasteiger charge is -2.13. The number of nitrogens with zero attached hydrogens (tertiary/aromatic N) is 2. The van der Waals surface area contributed by atoms with E-state index in [4.69, 9.17) is 4.74 Å². The normalized spacial score (nSPS) is 10.5. The zero-order valence-electron chi connectivity index (χ0n) is 14.1. The van der Waals surface area contributed by atoms with Crippen molar-refractivity contribution in [2.45, 2.75) is 0 Å². The maximum Gasteiger partial charge on any atom is 0.145 e. The van der Waals surface area contributed by atoms with Crippen molar-refractivity contribution in [1.82, 2.24) is 15.3 Å². The van der Waals surface area contributed by atoms with Crippen LogP contribution in [0.1, 0.15) is 0 Å². The number of nitrogens with one attached hydrogen (secondary N) is 2. The van der Waals surface area contributed by atoms with Gasteiger partial charge >= 0.3 is 0 Å². The summed E-state index contributed by atoms with van der Waals surface area (Å²) >= 11 is 0. The molecule has 0 aliphatic carbocycles. The van der Waals surface area contributed by atoms with Crippen LogP contribution in [0.25, 0.3) is 22.0 Å². The molecule has 3 rings (SSSR count). The second kappa shape index (κ2) is 7.17. The van der Waals surface area contributed by atoms with Crippen molar-refractivity contribution in [3.05, 3.63) is 60.8 Å². The number of hydrogen-bond acceptors (Lipinski definition) is 5. The van der Waals surface area contributed by atoms with E-state index in [-0.39, 0.29) is 5.82 Å². The Bertz CT molecular complexity index is 909. The third kappa shape index (κ3) is 3.52. The maximum atomic E-state index is 13.2. The topological polar surface area (TPSA) is 59.1 Å². The van der Waals surface area contributed by atoms with Gasteiger partial charge in [0.15, 0.2) is 0 Å². The van der Waals surface area contributed by atoms with Crippen LogP contribution in [0.2, 0.25) is 0 Å². The largest absolute Gasteiger partial charge is 0.494 e. The molecule has 0 amide bonds. The number of likely N-dealkylation sites (N-methyl/N-ethyl adjacent to an activating group) is 1. The van der Waals surface area contributed by atoms with Crippen LogP contribution in [-0.4, -0.2) is 30.7 Å². The minimum Gasteiger partial charge on any atom is -0.494 e. The summed E-state index contributed by atoms with van der Waals surface area (Å²) in [6, 6.07) is 10.2. The molecule has 6 heteroatoms. The van der Waals surface area contributed by atoms with E-state index in [1.54, 1.807) is 19.2 Å². The molecule has 0 radical (unpaired) electrons. The van der Waals surface area contributed by atoms with E-state index in [0.29, 0.717) is 23.6 Å². The first-order valence-electron chi connectivity index (χ1n) is 7.80. The van der Waals surface area contributed by atoms with Crippen molar-refractivity contribution in [2.24, 2.45) is 0 Å². The molecule has 1 heterocycles. The molecular weight excluding hydrogens is 319 g/mol. The second-order valence-corrected chi connectivity index (χ2v) is 5.51. The fourth-order valence-electron chi connectivity index (χ4n) is 2.52. The number of benzene rings is 2. The predicted molar refractivity (Wildman–Crippen MR) is 98.2 cm³/mol. The molecule has 1 aromatic heterocycles. The van der Waals surface area contributed by atoms with Crippen LogP contribution in [0.15, 0.2) is 55.0 Å². The van der Waals surface area contributed by atoms with Gasteiger partial charge in [0.05, 0.1) is 13.7 Å². The van der Waals surface area contributed by atoms with Gasteiger partial charge < -0.3 is 15.4 Å². The van der Waals surface area contributed by atoms with Gasteiger partial charge in [-0.2, -0.15) is 0 Å². The van der Waals surface area contributed by atoms with Crippen molar-refractivity contribution in [1.29, 1.82) is 0 Å². The summed E-state index contributed by atoms with van der Waals surface area (Å²) < 4.78 is 18.7. The Morgan fingerprint density at radius 1 is 1.16 bits per heavy atom. The molecule has 25 heavy (non-hydrogen) atoms. The Morgan fingerprint density at radius 3 is 2.60 bits per heavy atom. The number of ether oxygens (including phenoxy) is 1. The lowest BCUT2D eigenvalue weighted by molar-refractivity contribution is 0.419. The van der Waals surface area contributed by atoms with Gasteiger partial charge in [0.1, 0.15) is 29.2 Å². The predicted octanol–water partition coefficient (Wildman–Crippen LogP) is 3.59. The van der Waals surface area contributed by atoms with E-state index in [9.17, 15) is 4.39 Å². The van der Waals surface area contributed by atoms with Crippen LogP contribution in [0.4, 0.5) is 10.2 Å². The fraction of sp³-hybridized carbons (Fsp3) is 0.158. The van der Waals surface area contributed by atoms with E-state index in [2.05, 4.69) is 27.2 Å². The molecule has 0 atom stereocenters. The Balaban J connectivity index is 2.11. The highest BCUT2D eigenvalue weighted by Crippen LogP contribution is 2.34. The molecule has 5 nitrogen and oxygen atoms in total. The average molecular weight is 338 g/mol. The molecule has 0 fully saturated rings. The van der Waals surface area contributed by atoms with Crippen LogP contribution >= 0.6 is 0 Å². The van der Waals surface area contributed by atoms with E-state index >= 15 is 0 Å². The molecule has 2 aromatic carbocycles. The standard InChI is InChI=1S/C19H19FN4O/c1-12(21-2)10-22-19-16-8-14(13-4-6-15(20)7-5-13)9-17(25-3)18(16)23-11-24-19/h4-9,11,21H,1,10H2,2-3H3,(H,22,23,24). The first-order valence-corrected chi connectivity index (χ1v) is 7.80. The molecule has 3 aromatic rings. The molecule has 0 aliphatic rings. The monoisotopic (exact) mass is 338 g/mol. The number of hydrogen-bond donors (Lipinski definition) is 2. The van der Waals surface area contributed by atoms with Gasteiger partial charge in [-0.1, -0.05) is 18.7 Å². The van der Waals surface area contributed by atoms with Crippen molar-refractivity contribution in [2.75, 3.05) is 26.0 Å². The molecule has 0 unspecified atom stereocenters. The number of halogens is 1. The highest BCUT2D eigenvalue weighted by Gasteiger charge is 2.12. The quantitative estimate of drug-likeness (QED) is 0.719. The summed E-state index contributed by atoms with van der Waals surface area (Å²) in [6.45, 7) is 4.43. The van der Waals surface area contributed by atoms with Crippen LogP contribution in [-0.2, 0) is 0 Å². The average Bonchev–Trinajstić information content (AvgIpc) is 2.65. The number of anilines is 1. The molecular formula is C19H19FN4O. The SMILES string of the molecule is C=C(CNc1ncnc2c(OC)cc(-c3ccc(F)cc3)cc12)NC. The number of aromatic nitrogens is 2. The molecule has 0 saturated carbocycles. The van der Waals surface area contributed by atoms with Crippen molar-refractivity contribution < 1.29 is 9.13 Å². The van der Waals surface area contributed by atoms with Crippen molar-refractivity contribution in [3.63, 3.8) is 0 Å². The van der Waals surface area contributed by atoms with Gasteiger partial charge in [0.25, 0.3) is 0 Å². The Labute approximate surface area is 145 Å². The maximum absolute atomic E-state index is 13.2. The smallest absolute Gasteiger partial charge is 0.145 e. The van der Waals surface area contributed by atoms with Gasteiger partial charge in [-0.15, -0.1) is 0 Å². The summed E-state index contributed by atoms with van der Waals surface area (Å²) in [4.78, 5) is 8.67. The fourth-order valence-corrected chi connectivity index (χ4v) is 2.52. The number of rotatable bonds is 6. The minimum atomic E-state index is -0.271. The van der Waals surface area contributed by atoms with E-state index in [1.807, 2.05) is 19.2 Å². The Hall–Kier alpha value is -3.15. The van der Waals surface area contributed by atoms with Gasteiger partial charge in [0.2, 0.25) is 0 Å². The third-order valence-corrected chi connectivity index (χ3v) is 3.92. The highest BCUT2D eigenvalue weighted by atomic mass is 19.1. The lowest BCUT2D eigenvalue weighted by Crippen LogP contribution is -2.15. The molecule has 0 saturated heterocycles. The third-order valence-electron chi connectivity index (χ3n) is 3.92.